The van der Waals surface area contributed by atoms with E-state index in [1.807, 2.05) is 12.1 Å². The molecule has 3 aromatic rings. The molecule has 0 unspecified atom stereocenters. The summed E-state index contributed by atoms with van der Waals surface area (Å²) < 4.78 is 2.13. The average molecular weight is 383 g/mol. The number of fused-ring (bicyclic) bond motifs is 1. The Bertz CT molecular complexity index is 889. The van der Waals surface area contributed by atoms with Crippen LogP contribution in [-0.2, 0) is 24.2 Å². The molecule has 0 spiro atoms. The third kappa shape index (κ3) is 5.10. The number of amides is 1. The van der Waals surface area contributed by atoms with Gasteiger partial charge in [-0.3, -0.25) is 4.79 Å². The molecule has 27 heavy (non-hydrogen) atoms. The third-order valence-electron chi connectivity index (χ3n) is 4.50. The summed E-state index contributed by atoms with van der Waals surface area (Å²) in [5.74, 6) is 1.01. The Morgan fingerprint density at radius 3 is 2.74 bits per heavy atom. The third-order valence-corrected chi connectivity index (χ3v) is 5.24. The largest absolute Gasteiger partial charge is 0.356 e. The Balaban J connectivity index is 1.51. The average Bonchev–Trinajstić information content (AvgIpc) is 3.05. The summed E-state index contributed by atoms with van der Waals surface area (Å²) in [5, 5.41) is 3.02. The minimum absolute atomic E-state index is 0.0683. The molecule has 0 bridgehead atoms. The van der Waals surface area contributed by atoms with Gasteiger partial charge in [-0.15, -0.1) is 11.8 Å². The fraction of sp³-hybridized carbons (Fsp3) is 0.381. The molecule has 0 saturated heterocycles. The molecule has 2 aromatic heterocycles. The maximum atomic E-state index is 12.2. The standard InChI is InChI=1S/C21H26N4OS/c1-3-15-25-19(24-18-5-4-13-23-21(18)25)10-11-20(26)22-14-12-16-6-8-17(27-2)9-7-16/h4-9,13H,3,10-12,14-15H2,1-2H3,(H,22,26). The van der Waals surface area contributed by atoms with Crippen LogP contribution in [0.3, 0.4) is 0 Å². The van der Waals surface area contributed by atoms with Crippen molar-refractivity contribution in [2.75, 3.05) is 12.8 Å². The zero-order valence-corrected chi connectivity index (χ0v) is 16.8. The molecule has 5 nitrogen and oxygen atoms in total. The van der Waals surface area contributed by atoms with Crippen LogP contribution in [0.1, 0.15) is 31.2 Å². The van der Waals surface area contributed by atoms with Crippen LogP contribution in [0.15, 0.2) is 47.5 Å². The van der Waals surface area contributed by atoms with E-state index in [0.29, 0.717) is 19.4 Å². The number of carbonyl (C=O) groups excluding carboxylic acids is 1. The Morgan fingerprint density at radius 2 is 2.00 bits per heavy atom. The minimum atomic E-state index is 0.0683. The number of rotatable bonds is 9. The summed E-state index contributed by atoms with van der Waals surface area (Å²) in [5.41, 5.74) is 3.04. The quantitative estimate of drug-likeness (QED) is 0.571. The summed E-state index contributed by atoms with van der Waals surface area (Å²) in [6.45, 7) is 3.66. The molecular formula is C21H26N4OS. The van der Waals surface area contributed by atoms with Crippen molar-refractivity contribution in [2.45, 2.75) is 44.0 Å². The number of nitrogens with zero attached hydrogens (tertiary/aromatic N) is 3. The predicted octanol–water partition coefficient (Wildman–Crippen LogP) is 3.85. The second kappa shape index (κ2) is 9.55. The highest BCUT2D eigenvalue weighted by atomic mass is 32.2. The van der Waals surface area contributed by atoms with E-state index in [0.717, 1.165) is 36.4 Å². The van der Waals surface area contributed by atoms with E-state index >= 15 is 0 Å². The van der Waals surface area contributed by atoms with Crippen molar-refractivity contribution in [3.63, 3.8) is 0 Å². The number of hydrogen-bond acceptors (Lipinski definition) is 4. The lowest BCUT2D eigenvalue weighted by Gasteiger charge is -2.08. The van der Waals surface area contributed by atoms with Gasteiger partial charge in [0.1, 0.15) is 11.3 Å². The molecule has 1 amide bonds. The van der Waals surface area contributed by atoms with Crippen LogP contribution in [0, 0.1) is 0 Å². The van der Waals surface area contributed by atoms with E-state index in [1.165, 1.54) is 10.5 Å². The summed E-state index contributed by atoms with van der Waals surface area (Å²) in [6.07, 6.45) is 6.79. The molecule has 1 N–H and O–H groups in total. The highest BCUT2D eigenvalue weighted by molar-refractivity contribution is 7.98. The number of benzene rings is 1. The second-order valence-electron chi connectivity index (χ2n) is 6.47. The molecule has 1 aromatic carbocycles. The van der Waals surface area contributed by atoms with Crippen molar-refractivity contribution in [1.82, 2.24) is 19.9 Å². The van der Waals surface area contributed by atoms with Gasteiger partial charge in [0.15, 0.2) is 5.65 Å². The maximum absolute atomic E-state index is 12.2. The van der Waals surface area contributed by atoms with E-state index in [2.05, 4.69) is 57.3 Å². The Morgan fingerprint density at radius 1 is 1.19 bits per heavy atom. The lowest BCUT2D eigenvalue weighted by Crippen LogP contribution is -2.26. The molecule has 142 valence electrons. The summed E-state index contributed by atoms with van der Waals surface area (Å²) in [4.78, 5) is 22.6. The van der Waals surface area contributed by atoms with Gasteiger partial charge in [0, 0.05) is 37.0 Å². The lowest BCUT2D eigenvalue weighted by molar-refractivity contribution is -0.121. The van der Waals surface area contributed by atoms with Gasteiger partial charge >= 0.3 is 0 Å². The fourth-order valence-electron chi connectivity index (χ4n) is 3.11. The SMILES string of the molecule is CCCn1c(CCC(=O)NCCc2ccc(SC)cc2)nc2cccnc21. The first kappa shape index (κ1) is 19.4. The number of hydrogen-bond donors (Lipinski definition) is 1. The van der Waals surface area contributed by atoms with Crippen molar-refractivity contribution >= 4 is 28.8 Å². The van der Waals surface area contributed by atoms with Crippen LogP contribution in [-0.4, -0.2) is 33.2 Å². The van der Waals surface area contributed by atoms with Gasteiger partial charge in [-0.2, -0.15) is 0 Å². The van der Waals surface area contributed by atoms with E-state index in [1.54, 1.807) is 18.0 Å². The predicted molar refractivity (Wildman–Crippen MR) is 111 cm³/mol. The van der Waals surface area contributed by atoms with Gasteiger partial charge in [0.2, 0.25) is 5.91 Å². The number of carbonyl (C=O) groups is 1. The van der Waals surface area contributed by atoms with Crippen molar-refractivity contribution in [2.24, 2.45) is 0 Å². The number of aryl methyl sites for hydroxylation is 2. The molecule has 0 atom stereocenters. The first-order valence-electron chi connectivity index (χ1n) is 9.41. The molecule has 0 aliphatic heterocycles. The zero-order valence-electron chi connectivity index (χ0n) is 15.9. The van der Waals surface area contributed by atoms with Gasteiger partial charge in [0.25, 0.3) is 0 Å². The van der Waals surface area contributed by atoms with Crippen molar-refractivity contribution in [1.29, 1.82) is 0 Å². The molecule has 0 radical (unpaired) electrons. The van der Waals surface area contributed by atoms with Gasteiger partial charge in [-0.1, -0.05) is 19.1 Å². The molecular weight excluding hydrogens is 356 g/mol. The minimum Gasteiger partial charge on any atom is -0.356 e. The van der Waals surface area contributed by atoms with Crippen LogP contribution in [0.5, 0.6) is 0 Å². The highest BCUT2D eigenvalue weighted by Gasteiger charge is 2.12. The van der Waals surface area contributed by atoms with E-state index in [9.17, 15) is 4.79 Å². The van der Waals surface area contributed by atoms with Crippen LogP contribution >= 0.6 is 11.8 Å². The first-order valence-corrected chi connectivity index (χ1v) is 10.6. The molecule has 6 heteroatoms. The number of aromatic nitrogens is 3. The maximum Gasteiger partial charge on any atom is 0.220 e. The number of imidazole rings is 1. The Kier molecular flexibility index (Phi) is 6.87. The Hall–Kier alpha value is -2.34. The van der Waals surface area contributed by atoms with Crippen LogP contribution in [0.2, 0.25) is 0 Å². The first-order chi connectivity index (χ1) is 13.2. The number of nitrogens with one attached hydrogen (secondary N) is 1. The normalized spacial score (nSPS) is 11.0. The molecule has 3 rings (SSSR count). The summed E-state index contributed by atoms with van der Waals surface area (Å²) >= 11 is 1.73. The van der Waals surface area contributed by atoms with Crippen molar-refractivity contribution in [3.8, 4) is 0 Å². The Labute approximate surface area is 164 Å². The van der Waals surface area contributed by atoms with Crippen LogP contribution in [0.25, 0.3) is 11.2 Å². The highest BCUT2D eigenvalue weighted by Crippen LogP contribution is 2.16. The van der Waals surface area contributed by atoms with Gasteiger partial charge < -0.3 is 9.88 Å². The van der Waals surface area contributed by atoms with E-state index in [-0.39, 0.29) is 5.91 Å². The van der Waals surface area contributed by atoms with E-state index < -0.39 is 0 Å². The smallest absolute Gasteiger partial charge is 0.220 e. The molecule has 0 fully saturated rings. The van der Waals surface area contributed by atoms with Crippen molar-refractivity contribution < 1.29 is 4.79 Å². The van der Waals surface area contributed by atoms with Crippen LogP contribution in [0.4, 0.5) is 0 Å². The second-order valence-corrected chi connectivity index (χ2v) is 7.35. The zero-order chi connectivity index (χ0) is 19.1. The van der Waals surface area contributed by atoms with Gasteiger partial charge in [-0.25, -0.2) is 9.97 Å². The van der Waals surface area contributed by atoms with Crippen molar-refractivity contribution in [3.05, 3.63) is 54.0 Å². The lowest BCUT2D eigenvalue weighted by atomic mass is 10.1. The monoisotopic (exact) mass is 382 g/mol. The molecule has 0 saturated carbocycles. The molecule has 0 aliphatic rings. The number of thioether (sulfide) groups is 1. The molecule has 2 heterocycles. The number of pyridine rings is 1. The van der Waals surface area contributed by atoms with Gasteiger partial charge in [-0.05, 0) is 48.9 Å². The van der Waals surface area contributed by atoms with Gasteiger partial charge in [0.05, 0.1) is 0 Å². The van der Waals surface area contributed by atoms with E-state index in [4.69, 9.17) is 0 Å². The summed E-state index contributed by atoms with van der Waals surface area (Å²) in [6, 6.07) is 12.4. The van der Waals surface area contributed by atoms with Crippen LogP contribution < -0.4 is 5.32 Å². The molecule has 0 aliphatic carbocycles. The fourth-order valence-corrected chi connectivity index (χ4v) is 3.52. The topological polar surface area (TPSA) is 59.8 Å². The summed E-state index contributed by atoms with van der Waals surface area (Å²) in [7, 11) is 0.